The second-order valence-corrected chi connectivity index (χ2v) is 7.31. The van der Waals surface area contributed by atoms with Gasteiger partial charge in [0, 0.05) is 17.8 Å². The van der Waals surface area contributed by atoms with Crippen LogP contribution in [0.15, 0.2) is 71.4 Å². The van der Waals surface area contributed by atoms with Crippen LogP contribution in [0.5, 0.6) is 0 Å². The lowest BCUT2D eigenvalue weighted by atomic mass is 9.94. The molecule has 1 aliphatic heterocycles. The Morgan fingerprint density at radius 3 is 2.55 bits per heavy atom. The van der Waals surface area contributed by atoms with Crippen molar-refractivity contribution >= 4 is 11.6 Å². The minimum atomic E-state index is -0.551. The zero-order valence-corrected chi connectivity index (χ0v) is 17.4. The van der Waals surface area contributed by atoms with Crippen molar-refractivity contribution in [3.63, 3.8) is 0 Å². The van der Waals surface area contributed by atoms with Gasteiger partial charge >= 0.3 is 6.03 Å². The molecule has 31 heavy (non-hydrogen) atoms. The van der Waals surface area contributed by atoms with Crippen LogP contribution in [0.3, 0.4) is 0 Å². The van der Waals surface area contributed by atoms with E-state index in [1.54, 1.807) is 23.1 Å². The van der Waals surface area contributed by atoms with E-state index in [0.717, 1.165) is 17.5 Å². The summed E-state index contributed by atoms with van der Waals surface area (Å²) in [5.41, 5.74) is 4.12. The molecule has 0 spiro atoms. The van der Waals surface area contributed by atoms with Crippen LogP contribution < -0.4 is 5.32 Å². The minimum Gasteiger partial charge on any atom is -0.334 e. The van der Waals surface area contributed by atoms with Crippen LogP contribution in [0.4, 0.5) is 9.18 Å². The summed E-state index contributed by atoms with van der Waals surface area (Å²) in [5.74, 6) is 0.412. The largest absolute Gasteiger partial charge is 0.334 e. The number of amides is 2. The second-order valence-electron chi connectivity index (χ2n) is 7.31. The first kappa shape index (κ1) is 20.5. The Kier molecular flexibility index (Phi) is 5.66. The van der Waals surface area contributed by atoms with Crippen molar-refractivity contribution in [3.05, 3.63) is 89.7 Å². The molecular weight excluding hydrogens is 395 g/mol. The zero-order valence-electron chi connectivity index (χ0n) is 17.4. The molecule has 4 rings (SSSR count). The van der Waals surface area contributed by atoms with Crippen LogP contribution in [0.25, 0.3) is 17.0 Å². The fraction of sp³-hybridized carbons (Fsp3) is 0.208. The number of hydrogen-bond acceptors (Lipinski definition) is 4. The summed E-state index contributed by atoms with van der Waals surface area (Å²) >= 11 is 0. The van der Waals surface area contributed by atoms with Crippen molar-refractivity contribution in [3.8, 4) is 11.4 Å². The lowest BCUT2D eigenvalue weighted by Crippen LogP contribution is -2.46. The van der Waals surface area contributed by atoms with Gasteiger partial charge in [0.15, 0.2) is 0 Å². The Morgan fingerprint density at radius 1 is 1.19 bits per heavy atom. The van der Waals surface area contributed by atoms with E-state index in [2.05, 4.69) is 29.0 Å². The molecule has 6 nitrogen and oxygen atoms in total. The maximum Gasteiger partial charge on any atom is 0.322 e. The molecule has 158 valence electrons. The Morgan fingerprint density at radius 2 is 1.90 bits per heavy atom. The number of hydrogen-bond donors (Lipinski definition) is 1. The van der Waals surface area contributed by atoms with Gasteiger partial charge in [0.05, 0.1) is 11.6 Å². The lowest BCUT2D eigenvalue weighted by molar-refractivity contribution is 0.209. The molecule has 0 saturated carbocycles. The van der Waals surface area contributed by atoms with E-state index < -0.39 is 6.04 Å². The number of carbonyl (C=O) groups excluding carboxylic acids is 1. The molecule has 0 aliphatic carbocycles. The van der Waals surface area contributed by atoms with Crippen LogP contribution >= 0.6 is 0 Å². The van der Waals surface area contributed by atoms with E-state index in [4.69, 9.17) is 4.52 Å². The standard InChI is InChI=1S/C24H23FN4O2/c1-4-14-29-15(3)20(21(26-24(29)30)17-10-12-19(25)13-11-17)23-27-22(28-31-23)18-8-6-16(5-2)7-9-18/h4,6-13,21H,1,5,14H2,2-3H3,(H,26,30). The number of halogens is 1. The summed E-state index contributed by atoms with van der Waals surface area (Å²) in [6.07, 6.45) is 2.59. The molecule has 1 aromatic heterocycles. The first-order valence-corrected chi connectivity index (χ1v) is 10.1. The molecule has 1 aliphatic rings. The minimum absolute atomic E-state index is 0.273. The molecule has 0 fully saturated rings. The smallest absolute Gasteiger partial charge is 0.322 e. The number of rotatable bonds is 6. The van der Waals surface area contributed by atoms with E-state index in [0.29, 0.717) is 29.5 Å². The summed E-state index contributed by atoms with van der Waals surface area (Å²) < 4.78 is 19.1. The third-order valence-electron chi connectivity index (χ3n) is 5.39. The van der Waals surface area contributed by atoms with Crippen LogP contribution in [-0.4, -0.2) is 27.6 Å². The number of carbonyl (C=O) groups is 1. The van der Waals surface area contributed by atoms with Crippen LogP contribution in [-0.2, 0) is 6.42 Å². The second kappa shape index (κ2) is 8.55. The molecule has 1 N–H and O–H groups in total. The average molecular weight is 418 g/mol. The van der Waals surface area contributed by atoms with Crippen molar-refractivity contribution in [1.82, 2.24) is 20.4 Å². The highest BCUT2D eigenvalue weighted by Crippen LogP contribution is 2.37. The third kappa shape index (κ3) is 3.99. The van der Waals surface area contributed by atoms with Crippen molar-refractivity contribution in [1.29, 1.82) is 0 Å². The number of nitrogens with one attached hydrogen (secondary N) is 1. The molecule has 7 heteroatoms. The normalized spacial score (nSPS) is 16.4. The number of nitrogens with zero attached hydrogens (tertiary/aromatic N) is 3. The highest BCUT2D eigenvalue weighted by molar-refractivity contribution is 5.87. The predicted molar refractivity (Wildman–Crippen MR) is 116 cm³/mol. The van der Waals surface area contributed by atoms with Gasteiger partial charge in [-0.15, -0.1) is 6.58 Å². The molecule has 0 bridgehead atoms. The number of aromatic nitrogens is 2. The maximum atomic E-state index is 13.5. The topological polar surface area (TPSA) is 71.3 Å². The number of benzene rings is 2. The molecular formula is C24H23FN4O2. The van der Waals surface area contributed by atoms with Gasteiger partial charge < -0.3 is 9.84 Å². The summed E-state index contributed by atoms with van der Waals surface area (Å²) in [5, 5.41) is 7.11. The average Bonchev–Trinajstić information content (AvgIpc) is 3.26. The molecule has 2 heterocycles. The van der Waals surface area contributed by atoms with Crippen molar-refractivity contribution in [2.75, 3.05) is 6.54 Å². The lowest BCUT2D eigenvalue weighted by Gasteiger charge is -2.34. The highest BCUT2D eigenvalue weighted by atomic mass is 19.1. The number of aryl methyl sites for hydroxylation is 1. The van der Waals surface area contributed by atoms with Crippen LogP contribution in [0.1, 0.15) is 36.9 Å². The van der Waals surface area contributed by atoms with Crippen LogP contribution in [0.2, 0.25) is 0 Å². The van der Waals surface area contributed by atoms with Gasteiger partial charge in [-0.25, -0.2) is 9.18 Å². The van der Waals surface area contributed by atoms with E-state index >= 15 is 0 Å². The summed E-state index contributed by atoms with van der Waals surface area (Å²) in [6, 6.07) is 13.1. The molecule has 2 amide bonds. The van der Waals surface area contributed by atoms with E-state index in [1.165, 1.54) is 17.7 Å². The number of urea groups is 1. The first-order valence-electron chi connectivity index (χ1n) is 10.1. The molecule has 2 aromatic carbocycles. The summed E-state index contributed by atoms with van der Waals surface area (Å²) in [7, 11) is 0. The zero-order chi connectivity index (χ0) is 22.0. The van der Waals surface area contributed by atoms with Gasteiger partial charge in [-0.05, 0) is 36.6 Å². The monoisotopic (exact) mass is 418 g/mol. The molecule has 0 saturated heterocycles. The quantitative estimate of drug-likeness (QED) is 0.564. The summed E-state index contributed by atoms with van der Waals surface area (Å²) in [4.78, 5) is 18.9. The van der Waals surface area contributed by atoms with Crippen LogP contribution in [0, 0.1) is 5.82 Å². The fourth-order valence-electron chi connectivity index (χ4n) is 3.65. The molecule has 1 atom stereocenters. The Hall–Kier alpha value is -3.74. The molecule has 0 radical (unpaired) electrons. The highest BCUT2D eigenvalue weighted by Gasteiger charge is 2.35. The van der Waals surface area contributed by atoms with Gasteiger partial charge in [0.1, 0.15) is 5.82 Å². The Balaban J connectivity index is 1.78. The summed E-state index contributed by atoms with van der Waals surface area (Å²) in [6.45, 7) is 7.98. The van der Waals surface area contributed by atoms with E-state index in [-0.39, 0.29) is 11.8 Å². The Bertz CT molecular complexity index is 1130. The van der Waals surface area contributed by atoms with Gasteiger partial charge in [-0.3, -0.25) is 4.90 Å². The van der Waals surface area contributed by atoms with E-state index in [9.17, 15) is 9.18 Å². The third-order valence-corrected chi connectivity index (χ3v) is 5.39. The predicted octanol–water partition coefficient (Wildman–Crippen LogP) is 5.12. The van der Waals surface area contributed by atoms with Gasteiger partial charge in [0.25, 0.3) is 5.89 Å². The van der Waals surface area contributed by atoms with Gasteiger partial charge in [-0.1, -0.05) is 54.6 Å². The SMILES string of the molecule is C=CCN1C(=O)NC(c2ccc(F)cc2)C(c2nc(-c3ccc(CC)cc3)no2)=C1C. The Labute approximate surface area is 180 Å². The van der Waals surface area contributed by atoms with E-state index in [1.807, 2.05) is 31.2 Å². The van der Waals surface area contributed by atoms with Crippen molar-refractivity contribution in [2.24, 2.45) is 0 Å². The maximum absolute atomic E-state index is 13.5. The van der Waals surface area contributed by atoms with Gasteiger partial charge in [-0.2, -0.15) is 4.98 Å². The molecule has 1 unspecified atom stereocenters. The fourth-order valence-corrected chi connectivity index (χ4v) is 3.65. The van der Waals surface area contributed by atoms with Crippen molar-refractivity contribution < 1.29 is 13.7 Å². The molecule has 3 aromatic rings. The first-order chi connectivity index (χ1) is 15.0. The van der Waals surface area contributed by atoms with Crippen molar-refractivity contribution in [2.45, 2.75) is 26.3 Å². The van der Waals surface area contributed by atoms with Gasteiger partial charge in [0.2, 0.25) is 5.82 Å². The number of allylic oxidation sites excluding steroid dienone is 1.